The van der Waals surface area contributed by atoms with Crippen LogP contribution in [0.1, 0.15) is 19.8 Å². The highest BCUT2D eigenvalue weighted by Gasteiger charge is 2.32. The van der Waals surface area contributed by atoms with Crippen molar-refractivity contribution in [2.24, 2.45) is 5.92 Å². The van der Waals surface area contributed by atoms with Crippen LogP contribution >= 0.6 is 0 Å². The van der Waals surface area contributed by atoms with Gasteiger partial charge in [0.05, 0.1) is 18.6 Å². The third-order valence-electron chi connectivity index (χ3n) is 3.19. The van der Waals surface area contributed by atoms with Crippen LogP contribution in [0.3, 0.4) is 0 Å². The van der Waals surface area contributed by atoms with E-state index < -0.39 is 0 Å². The monoisotopic (exact) mass is 212 g/mol. The summed E-state index contributed by atoms with van der Waals surface area (Å²) in [7, 11) is 0. The van der Waals surface area contributed by atoms with Gasteiger partial charge >= 0.3 is 0 Å². The summed E-state index contributed by atoms with van der Waals surface area (Å²) < 4.78 is 5.62. The quantitative estimate of drug-likeness (QED) is 0.728. The number of morpholine rings is 1. The maximum atomic E-state index is 12.0. The summed E-state index contributed by atoms with van der Waals surface area (Å²) in [5, 5.41) is 3.14. The van der Waals surface area contributed by atoms with Crippen molar-refractivity contribution in [1.82, 2.24) is 10.2 Å². The molecule has 1 N–H and O–H groups in total. The summed E-state index contributed by atoms with van der Waals surface area (Å²) in [6, 6.07) is 0. The van der Waals surface area contributed by atoms with E-state index in [1.165, 1.54) is 0 Å². The fourth-order valence-corrected chi connectivity index (χ4v) is 2.14. The Morgan fingerprint density at radius 2 is 2.33 bits per heavy atom. The van der Waals surface area contributed by atoms with Crippen molar-refractivity contribution >= 4 is 5.91 Å². The van der Waals surface area contributed by atoms with E-state index in [1.807, 2.05) is 4.90 Å². The van der Waals surface area contributed by atoms with Gasteiger partial charge in [-0.25, -0.2) is 0 Å². The van der Waals surface area contributed by atoms with E-state index in [4.69, 9.17) is 4.74 Å². The molecule has 0 spiro atoms. The summed E-state index contributed by atoms with van der Waals surface area (Å²) in [4.78, 5) is 13.9. The third kappa shape index (κ3) is 2.49. The molecule has 4 heteroatoms. The normalized spacial score (nSPS) is 27.5. The topological polar surface area (TPSA) is 41.6 Å². The van der Waals surface area contributed by atoms with E-state index in [2.05, 4.69) is 12.2 Å². The lowest BCUT2D eigenvalue weighted by atomic mass is 10.0. The molecule has 2 heterocycles. The van der Waals surface area contributed by atoms with Crippen LogP contribution in [0.15, 0.2) is 0 Å². The molecular weight excluding hydrogens is 192 g/mol. The highest BCUT2D eigenvalue weighted by molar-refractivity contribution is 5.80. The van der Waals surface area contributed by atoms with Crippen LogP contribution in [0.5, 0.6) is 0 Å². The Morgan fingerprint density at radius 3 is 2.93 bits per heavy atom. The molecule has 2 aliphatic rings. The summed E-state index contributed by atoms with van der Waals surface area (Å²) in [6.45, 7) is 6.14. The fraction of sp³-hybridized carbons (Fsp3) is 0.909. The molecule has 0 aromatic carbocycles. The van der Waals surface area contributed by atoms with Crippen LogP contribution in [0.4, 0.5) is 0 Å². The number of carbonyl (C=O) groups excluding carboxylic acids is 1. The van der Waals surface area contributed by atoms with Crippen LogP contribution in [-0.4, -0.2) is 49.7 Å². The Morgan fingerprint density at radius 1 is 1.53 bits per heavy atom. The number of amides is 1. The van der Waals surface area contributed by atoms with Crippen molar-refractivity contribution < 1.29 is 9.53 Å². The van der Waals surface area contributed by atoms with E-state index in [9.17, 15) is 4.79 Å². The lowest BCUT2D eigenvalue weighted by Crippen LogP contribution is -2.55. The minimum atomic E-state index is 0.227. The van der Waals surface area contributed by atoms with E-state index in [1.54, 1.807) is 0 Å². The Hall–Kier alpha value is -0.610. The molecule has 2 aliphatic heterocycles. The molecule has 86 valence electrons. The molecule has 0 aromatic rings. The average Bonchev–Trinajstić information content (AvgIpc) is 2.16. The van der Waals surface area contributed by atoms with Crippen LogP contribution in [0, 0.1) is 5.92 Å². The minimum absolute atomic E-state index is 0.227. The Balaban J connectivity index is 1.83. The number of ether oxygens (including phenoxy) is 1. The van der Waals surface area contributed by atoms with Gasteiger partial charge in [0.1, 0.15) is 0 Å². The second kappa shape index (κ2) is 4.94. The van der Waals surface area contributed by atoms with Crippen molar-refractivity contribution in [3.63, 3.8) is 0 Å². The lowest BCUT2D eigenvalue weighted by Gasteiger charge is -2.37. The van der Waals surface area contributed by atoms with Crippen molar-refractivity contribution in [1.29, 1.82) is 0 Å². The van der Waals surface area contributed by atoms with Crippen LogP contribution in [-0.2, 0) is 9.53 Å². The van der Waals surface area contributed by atoms with Crippen molar-refractivity contribution in [3.05, 3.63) is 0 Å². The Labute approximate surface area is 91.0 Å². The second-order valence-corrected chi connectivity index (χ2v) is 4.42. The second-order valence-electron chi connectivity index (χ2n) is 4.42. The molecule has 0 bridgehead atoms. The predicted octanol–water partition coefficient (Wildman–Crippen LogP) is 0.233. The van der Waals surface area contributed by atoms with E-state index >= 15 is 0 Å². The van der Waals surface area contributed by atoms with E-state index in [0.29, 0.717) is 12.5 Å². The highest BCUT2D eigenvalue weighted by atomic mass is 16.5. The first kappa shape index (κ1) is 10.9. The third-order valence-corrected chi connectivity index (χ3v) is 3.19. The molecule has 4 nitrogen and oxygen atoms in total. The number of hydrogen-bond donors (Lipinski definition) is 1. The molecule has 15 heavy (non-hydrogen) atoms. The van der Waals surface area contributed by atoms with Gasteiger partial charge in [-0.05, 0) is 6.42 Å². The molecule has 1 amide bonds. The number of nitrogens with zero attached hydrogens (tertiary/aromatic N) is 1. The summed E-state index contributed by atoms with van der Waals surface area (Å²) in [5.74, 6) is 0.545. The van der Waals surface area contributed by atoms with Crippen LogP contribution < -0.4 is 5.32 Å². The van der Waals surface area contributed by atoms with Gasteiger partial charge in [0.15, 0.2) is 0 Å². The zero-order valence-electron chi connectivity index (χ0n) is 9.37. The standard InChI is InChI=1S/C11H20N2O2/c1-2-3-10-8-13(4-5-15-10)11(14)9-6-12-7-9/h9-10,12H,2-8H2,1H3. The smallest absolute Gasteiger partial charge is 0.228 e. The van der Waals surface area contributed by atoms with Gasteiger partial charge in [0.25, 0.3) is 0 Å². The highest BCUT2D eigenvalue weighted by Crippen LogP contribution is 2.15. The molecule has 1 atom stereocenters. The number of carbonyl (C=O) groups is 1. The Bertz CT molecular complexity index is 227. The summed E-state index contributed by atoms with van der Waals surface area (Å²) in [5.41, 5.74) is 0. The van der Waals surface area contributed by atoms with Gasteiger partial charge < -0.3 is 15.0 Å². The maximum absolute atomic E-state index is 12.0. The lowest BCUT2D eigenvalue weighted by molar-refractivity contribution is -0.144. The van der Waals surface area contributed by atoms with Crippen LogP contribution in [0.25, 0.3) is 0 Å². The molecule has 1 unspecified atom stereocenters. The molecule has 0 saturated carbocycles. The molecule has 2 saturated heterocycles. The first-order chi connectivity index (χ1) is 7.31. The molecule has 2 rings (SSSR count). The van der Waals surface area contributed by atoms with Crippen molar-refractivity contribution in [3.8, 4) is 0 Å². The summed E-state index contributed by atoms with van der Waals surface area (Å²) >= 11 is 0. The first-order valence-corrected chi connectivity index (χ1v) is 5.92. The molecular formula is C11H20N2O2. The zero-order chi connectivity index (χ0) is 10.7. The number of hydrogen-bond acceptors (Lipinski definition) is 3. The number of nitrogens with one attached hydrogen (secondary N) is 1. The predicted molar refractivity (Wildman–Crippen MR) is 57.6 cm³/mol. The molecule has 0 radical (unpaired) electrons. The van der Waals surface area contributed by atoms with Crippen molar-refractivity contribution in [2.45, 2.75) is 25.9 Å². The zero-order valence-corrected chi connectivity index (χ0v) is 9.37. The average molecular weight is 212 g/mol. The van der Waals surface area contributed by atoms with Gasteiger partial charge in [-0.1, -0.05) is 13.3 Å². The minimum Gasteiger partial charge on any atom is -0.375 e. The van der Waals surface area contributed by atoms with E-state index in [-0.39, 0.29) is 12.0 Å². The molecule has 0 aromatic heterocycles. The maximum Gasteiger partial charge on any atom is 0.228 e. The van der Waals surface area contributed by atoms with Gasteiger partial charge in [0, 0.05) is 26.2 Å². The van der Waals surface area contributed by atoms with Gasteiger partial charge in [-0.2, -0.15) is 0 Å². The molecule has 0 aliphatic carbocycles. The Kier molecular flexibility index (Phi) is 3.59. The fourth-order valence-electron chi connectivity index (χ4n) is 2.14. The van der Waals surface area contributed by atoms with Gasteiger partial charge in [0.2, 0.25) is 5.91 Å². The van der Waals surface area contributed by atoms with Crippen LogP contribution in [0.2, 0.25) is 0 Å². The largest absolute Gasteiger partial charge is 0.375 e. The summed E-state index contributed by atoms with van der Waals surface area (Å²) in [6.07, 6.45) is 2.45. The van der Waals surface area contributed by atoms with Crippen molar-refractivity contribution in [2.75, 3.05) is 32.8 Å². The van der Waals surface area contributed by atoms with E-state index in [0.717, 1.165) is 39.0 Å². The molecule has 2 fully saturated rings. The first-order valence-electron chi connectivity index (χ1n) is 5.92. The van der Waals surface area contributed by atoms with Gasteiger partial charge in [-0.15, -0.1) is 0 Å². The SMILES string of the molecule is CCCC1CN(C(=O)C2CNC2)CCO1. The number of rotatable bonds is 3. The van der Waals surface area contributed by atoms with Gasteiger partial charge in [-0.3, -0.25) is 4.79 Å².